The van der Waals surface area contributed by atoms with Gasteiger partial charge in [0.1, 0.15) is 5.03 Å². The van der Waals surface area contributed by atoms with E-state index in [-0.39, 0.29) is 5.91 Å². The van der Waals surface area contributed by atoms with E-state index in [1.807, 2.05) is 37.3 Å². The smallest absolute Gasteiger partial charge is 0.258 e. The van der Waals surface area contributed by atoms with Crippen molar-refractivity contribution < 1.29 is 4.79 Å². The Kier molecular flexibility index (Phi) is 6.90. The zero-order valence-corrected chi connectivity index (χ0v) is 18.1. The molecular weight excluding hydrogens is 464 g/mol. The largest absolute Gasteiger partial charge is 0.298 e. The summed E-state index contributed by atoms with van der Waals surface area (Å²) in [5.74, 6) is 0.136. The number of aromatic nitrogens is 2. The van der Waals surface area contributed by atoms with Crippen molar-refractivity contribution >= 4 is 61.8 Å². The minimum atomic E-state index is -0.221. The van der Waals surface area contributed by atoms with Crippen LogP contribution in [0.4, 0.5) is 5.13 Å². The van der Waals surface area contributed by atoms with Gasteiger partial charge in [-0.1, -0.05) is 47.0 Å². The number of hydrogen-bond donors (Lipinski definition) is 1. The number of thiazole rings is 1. The van der Waals surface area contributed by atoms with Gasteiger partial charge < -0.3 is 0 Å². The molecule has 1 N–H and O–H groups in total. The number of aryl methyl sites for hydroxylation is 1. The molecule has 0 spiro atoms. The number of rotatable bonds is 6. The minimum Gasteiger partial charge on any atom is -0.298 e. The summed E-state index contributed by atoms with van der Waals surface area (Å²) in [5, 5.41) is 12.9. The molecule has 1 aromatic carbocycles. The summed E-state index contributed by atoms with van der Waals surface area (Å²) < 4.78 is 1.84. The minimum absolute atomic E-state index is 0.221. The maximum atomic E-state index is 12.8. The van der Waals surface area contributed by atoms with Crippen LogP contribution in [0, 0.1) is 18.3 Å². The van der Waals surface area contributed by atoms with Crippen LogP contribution in [0.3, 0.4) is 0 Å². The second-order valence-electron chi connectivity index (χ2n) is 5.21. The Morgan fingerprint density at radius 2 is 2.15 bits per heavy atom. The average molecular weight is 477 g/mol. The summed E-state index contributed by atoms with van der Waals surface area (Å²) in [6, 6.07) is 13.3. The van der Waals surface area contributed by atoms with Crippen molar-refractivity contribution in [3.05, 3.63) is 58.3 Å². The maximum absolute atomic E-state index is 12.8. The highest BCUT2D eigenvalue weighted by Gasteiger charge is 2.16. The third-order valence-electron chi connectivity index (χ3n) is 3.29. The molecule has 0 fully saturated rings. The summed E-state index contributed by atoms with van der Waals surface area (Å²) in [6.07, 6.45) is 1.73. The van der Waals surface area contributed by atoms with Crippen LogP contribution in [0.1, 0.15) is 16.1 Å². The first-order valence-electron chi connectivity index (χ1n) is 7.74. The van der Waals surface area contributed by atoms with Crippen LogP contribution in [0.5, 0.6) is 0 Å². The van der Waals surface area contributed by atoms with Crippen LogP contribution >= 0.6 is 50.8 Å². The van der Waals surface area contributed by atoms with Gasteiger partial charge in [0.2, 0.25) is 0 Å². The van der Waals surface area contributed by atoms with E-state index in [0.717, 1.165) is 24.3 Å². The molecule has 0 aliphatic carbocycles. The number of carbonyl (C=O) groups excluding carboxylic acids is 1. The molecule has 1 amide bonds. The number of benzene rings is 1. The second-order valence-corrected chi connectivity index (χ2v) is 9.43. The quantitative estimate of drug-likeness (QED) is 0.464. The maximum Gasteiger partial charge on any atom is 0.258 e. The molecule has 0 aliphatic rings. The summed E-state index contributed by atoms with van der Waals surface area (Å²) in [6.45, 7) is 1.87. The molecule has 5 nitrogen and oxygen atoms in total. The van der Waals surface area contributed by atoms with Gasteiger partial charge in [-0.2, -0.15) is 5.26 Å². The topological polar surface area (TPSA) is 78.7 Å². The molecule has 2 heterocycles. The lowest BCUT2D eigenvalue weighted by Crippen LogP contribution is -2.12. The van der Waals surface area contributed by atoms with E-state index in [4.69, 9.17) is 5.26 Å². The summed E-state index contributed by atoms with van der Waals surface area (Å²) in [7, 11) is 0. The van der Waals surface area contributed by atoms with Crippen molar-refractivity contribution in [2.45, 2.75) is 21.1 Å². The van der Waals surface area contributed by atoms with Crippen LogP contribution in [0.2, 0.25) is 0 Å². The number of amides is 1. The molecule has 136 valence electrons. The number of carbonyl (C=O) groups is 1. The SMILES string of the molecule is Cc1nc(NC(=O)c2ccccc2Sc2ccc(Br)cn2)sc1SCC#N. The highest BCUT2D eigenvalue weighted by molar-refractivity contribution is 9.10. The highest BCUT2D eigenvalue weighted by Crippen LogP contribution is 2.33. The zero-order chi connectivity index (χ0) is 19.2. The molecule has 0 atom stereocenters. The zero-order valence-electron chi connectivity index (χ0n) is 14.1. The number of hydrogen-bond acceptors (Lipinski definition) is 7. The molecule has 0 aliphatic heterocycles. The van der Waals surface area contributed by atoms with Crippen molar-refractivity contribution in [1.29, 1.82) is 5.26 Å². The first-order valence-corrected chi connectivity index (χ1v) is 11.1. The Hall–Kier alpha value is -1.86. The molecule has 0 saturated carbocycles. The van der Waals surface area contributed by atoms with Crippen molar-refractivity contribution in [2.24, 2.45) is 0 Å². The Labute approximate surface area is 177 Å². The van der Waals surface area contributed by atoms with Crippen molar-refractivity contribution in [3.8, 4) is 6.07 Å². The molecular formula is C18H13BrN4OS3. The molecule has 0 saturated heterocycles. The van der Waals surface area contributed by atoms with Crippen molar-refractivity contribution in [2.75, 3.05) is 11.1 Å². The standard InChI is InChI=1S/C18H13BrN4OS3/c1-11-17(25-9-8-20)27-18(22-11)23-16(24)13-4-2-3-5-14(13)26-15-7-6-12(19)10-21-15/h2-7,10H,9H2,1H3,(H,22,23,24). The number of nitrogens with one attached hydrogen (secondary N) is 1. The number of pyridine rings is 1. The molecule has 3 aromatic rings. The highest BCUT2D eigenvalue weighted by atomic mass is 79.9. The monoisotopic (exact) mass is 476 g/mol. The van der Waals surface area contributed by atoms with Gasteiger partial charge in [-0.3, -0.25) is 10.1 Å². The van der Waals surface area contributed by atoms with Crippen molar-refractivity contribution in [3.63, 3.8) is 0 Å². The normalized spacial score (nSPS) is 10.4. The van der Waals surface area contributed by atoms with Crippen LogP contribution in [0.25, 0.3) is 0 Å². The fourth-order valence-electron chi connectivity index (χ4n) is 2.11. The van der Waals surface area contributed by atoms with Gasteiger partial charge in [0, 0.05) is 15.6 Å². The fraction of sp³-hybridized carbons (Fsp3) is 0.111. The van der Waals surface area contributed by atoms with Crippen LogP contribution in [-0.4, -0.2) is 21.6 Å². The van der Waals surface area contributed by atoms with E-state index in [0.29, 0.717) is 16.4 Å². The number of nitrogens with zero attached hydrogens (tertiary/aromatic N) is 3. The Morgan fingerprint density at radius 1 is 1.33 bits per heavy atom. The second kappa shape index (κ2) is 9.37. The molecule has 0 radical (unpaired) electrons. The van der Waals surface area contributed by atoms with Gasteiger partial charge in [-0.05, 0) is 47.1 Å². The van der Waals surface area contributed by atoms with E-state index < -0.39 is 0 Å². The average Bonchev–Trinajstić information content (AvgIpc) is 3.01. The predicted molar refractivity (Wildman–Crippen MR) is 114 cm³/mol. The van der Waals surface area contributed by atoms with E-state index in [1.165, 1.54) is 34.9 Å². The van der Waals surface area contributed by atoms with Crippen molar-refractivity contribution in [1.82, 2.24) is 9.97 Å². The van der Waals surface area contributed by atoms with Gasteiger partial charge in [0.05, 0.1) is 27.3 Å². The number of halogens is 1. The van der Waals surface area contributed by atoms with E-state index in [1.54, 1.807) is 12.3 Å². The third kappa shape index (κ3) is 5.32. The molecule has 0 bridgehead atoms. The van der Waals surface area contributed by atoms with E-state index >= 15 is 0 Å². The van der Waals surface area contributed by atoms with Crippen LogP contribution in [-0.2, 0) is 0 Å². The third-order valence-corrected chi connectivity index (χ3v) is 7.09. The van der Waals surface area contributed by atoms with Gasteiger partial charge in [0.15, 0.2) is 5.13 Å². The van der Waals surface area contributed by atoms with Gasteiger partial charge >= 0.3 is 0 Å². The molecule has 27 heavy (non-hydrogen) atoms. The number of nitriles is 1. The van der Waals surface area contributed by atoms with Gasteiger partial charge in [0.25, 0.3) is 5.91 Å². The lowest BCUT2D eigenvalue weighted by molar-refractivity contribution is 0.102. The van der Waals surface area contributed by atoms with E-state index in [2.05, 4.69) is 37.3 Å². The Morgan fingerprint density at radius 3 is 2.89 bits per heavy atom. The molecule has 9 heteroatoms. The summed E-state index contributed by atoms with van der Waals surface area (Å²) in [5.41, 5.74) is 1.38. The number of anilines is 1. The first-order chi connectivity index (χ1) is 13.1. The first kappa shape index (κ1) is 19.9. The van der Waals surface area contributed by atoms with Gasteiger partial charge in [-0.25, -0.2) is 9.97 Å². The molecule has 3 rings (SSSR count). The lowest BCUT2D eigenvalue weighted by atomic mass is 10.2. The summed E-state index contributed by atoms with van der Waals surface area (Å²) >= 11 is 7.60. The fourth-order valence-corrected chi connectivity index (χ4v) is 5.02. The molecule has 2 aromatic heterocycles. The van der Waals surface area contributed by atoms with E-state index in [9.17, 15) is 4.79 Å². The van der Waals surface area contributed by atoms with Crippen LogP contribution in [0.15, 0.2) is 61.2 Å². The van der Waals surface area contributed by atoms with Crippen LogP contribution < -0.4 is 5.32 Å². The molecule has 0 unspecified atom stereocenters. The Balaban J connectivity index is 1.77. The summed E-state index contributed by atoms with van der Waals surface area (Å²) in [4.78, 5) is 22.3. The number of thioether (sulfide) groups is 1. The predicted octanol–water partition coefficient (Wildman–Crippen LogP) is 5.63. The van der Waals surface area contributed by atoms with Gasteiger partial charge in [-0.15, -0.1) is 0 Å². The lowest BCUT2D eigenvalue weighted by Gasteiger charge is -2.08. The Bertz CT molecular complexity index is 999.